The van der Waals surface area contributed by atoms with Gasteiger partial charge in [0.1, 0.15) is 0 Å². The van der Waals surface area contributed by atoms with Crippen molar-refractivity contribution < 1.29 is 18.6 Å². The topological polar surface area (TPSA) is 85.1 Å². The molecule has 2 aromatic heterocycles. The summed E-state index contributed by atoms with van der Waals surface area (Å²) in [7, 11) is 0. The molecule has 2 rings (SSSR count). The molecule has 126 valence electrons. The zero-order valence-corrected chi connectivity index (χ0v) is 13.3. The first kappa shape index (κ1) is 17.8. The Labute approximate surface area is 139 Å². The molecule has 8 nitrogen and oxygen atoms in total. The molecular weight excluding hydrogens is 312 g/mol. The largest absolute Gasteiger partial charge is 0.321 e. The minimum Gasteiger partial charge on any atom is -0.321 e. The zero-order valence-electron chi connectivity index (χ0n) is 13.3. The van der Waals surface area contributed by atoms with Crippen LogP contribution in [0, 0.1) is 9.81 Å². The first-order valence-electron chi connectivity index (χ1n) is 7.53. The van der Waals surface area contributed by atoms with E-state index in [4.69, 9.17) is 9.47 Å². The second kappa shape index (κ2) is 10.2. The van der Waals surface area contributed by atoms with Crippen molar-refractivity contribution in [2.75, 3.05) is 13.2 Å². The summed E-state index contributed by atoms with van der Waals surface area (Å²) in [5.74, 6) is 0. The number of rotatable bonds is 11. The van der Waals surface area contributed by atoms with Gasteiger partial charge in [-0.05, 0) is 0 Å². The predicted octanol–water partition coefficient (Wildman–Crippen LogP) is 1.44. The minimum absolute atomic E-state index is 0.110. The molecular formula is C16H20N4O4+2. The monoisotopic (exact) mass is 332 g/mol. The van der Waals surface area contributed by atoms with Crippen LogP contribution in [0.4, 0.5) is 0 Å². The Morgan fingerprint density at radius 1 is 0.750 bits per heavy atom. The molecule has 0 amide bonds. The second-order valence-corrected chi connectivity index (χ2v) is 4.97. The average molecular weight is 332 g/mol. The van der Waals surface area contributed by atoms with Gasteiger partial charge in [0, 0.05) is 24.3 Å². The Balaban J connectivity index is 1.71. The van der Waals surface area contributed by atoms with Gasteiger partial charge in [-0.3, -0.25) is 0 Å². The number of nitrogens with zero attached hydrogens (tertiary/aromatic N) is 4. The Hall–Kier alpha value is -2.58. The number of nitroso groups, excluding NO2 is 2. The summed E-state index contributed by atoms with van der Waals surface area (Å²) in [6, 6.07) is 11.1. The molecule has 0 aliphatic carbocycles. The van der Waals surface area contributed by atoms with Crippen molar-refractivity contribution in [2.24, 2.45) is 10.4 Å². The van der Waals surface area contributed by atoms with Crippen molar-refractivity contribution in [3.8, 4) is 0 Å². The molecule has 0 aromatic carbocycles. The highest BCUT2D eigenvalue weighted by atomic mass is 16.5. The molecule has 0 radical (unpaired) electrons. The van der Waals surface area contributed by atoms with Gasteiger partial charge in [0.15, 0.2) is 25.5 Å². The molecule has 0 atom stereocenters. The number of hydrogen-bond acceptors (Lipinski definition) is 6. The number of hydrogen-bond donors (Lipinski definition) is 0. The molecule has 0 spiro atoms. The summed E-state index contributed by atoms with van der Waals surface area (Å²) in [6.45, 7) is 1.69. The highest BCUT2D eigenvalue weighted by Crippen LogP contribution is 1.95. The Morgan fingerprint density at radius 2 is 1.21 bits per heavy atom. The quantitative estimate of drug-likeness (QED) is 0.354. The molecule has 2 aromatic rings. The molecule has 0 unspecified atom stereocenters. The van der Waals surface area contributed by atoms with E-state index in [1.807, 2.05) is 57.9 Å². The van der Waals surface area contributed by atoms with Gasteiger partial charge in [0.05, 0.1) is 13.2 Å². The number of aromatic nitrogens is 2. The molecule has 0 fully saturated rings. The van der Waals surface area contributed by atoms with Gasteiger partial charge in [0.2, 0.25) is 11.4 Å². The Morgan fingerprint density at radius 3 is 1.62 bits per heavy atom. The fourth-order valence-corrected chi connectivity index (χ4v) is 2.14. The van der Waals surface area contributed by atoms with Crippen LogP contribution in [0.2, 0.25) is 0 Å². The van der Waals surface area contributed by atoms with Gasteiger partial charge in [-0.15, -0.1) is 0 Å². The van der Waals surface area contributed by atoms with E-state index in [0.717, 1.165) is 11.4 Å². The maximum atomic E-state index is 10.4. The van der Waals surface area contributed by atoms with E-state index in [2.05, 4.69) is 10.4 Å². The third kappa shape index (κ3) is 5.56. The van der Waals surface area contributed by atoms with Gasteiger partial charge >= 0.3 is 0 Å². The Bertz CT molecular complexity index is 609. The van der Waals surface area contributed by atoms with Crippen molar-refractivity contribution in [1.29, 1.82) is 0 Å². The lowest BCUT2D eigenvalue weighted by Gasteiger charge is -2.04. The van der Waals surface area contributed by atoms with Crippen LogP contribution in [0.25, 0.3) is 0 Å². The van der Waals surface area contributed by atoms with E-state index in [9.17, 15) is 9.81 Å². The molecule has 24 heavy (non-hydrogen) atoms. The van der Waals surface area contributed by atoms with Crippen molar-refractivity contribution in [3.05, 3.63) is 70.0 Å². The summed E-state index contributed by atoms with van der Waals surface area (Å²) in [4.78, 5) is 20.8. The van der Waals surface area contributed by atoms with E-state index in [0.29, 0.717) is 26.7 Å². The van der Waals surface area contributed by atoms with Gasteiger partial charge in [-0.2, -0.15) is 18.9 Å². The van der Waals surface area contributed by atoms with E-state index in [-0.39, 0.29) is 13.1 Å². The first-order valence-corrected chi connectivity index (χ1v) is 7.53. The van der Waals surface area contributed by atoms with Crippen molar-refractivity contribution in [3.63, 3.8) is 0 Å². The number of ether oxygens (including phenoxy) is 2. The molecule has 8 heteroatoms. The van der Waals surface area contributed by atoms with Crippen LogP contribution in [0.5, 0.6) is 0 Å². The molecule has 0 saturated heterocycles. The van der Waals surface area contributed by atoms with Crippen LogP contribution >= 0.6 is 0 Å². The van der Waals surface area contributed by atoms with Gasteiger partial charge in [-0.1, -0.05) is 22.5 Å². The summed E-state index contributed by atoms with van der Waals surface area (Å²) in [5.41, 5.74) is 1.58. The highest BCUT2D eigenvalue weighted by Gasteiger charge is 2.10. The first-order chi connectivity index (χ1) is 11.8. The lowest BCUT2D eigenvalue weighted by molar-refractivity contribution is -0.743. The van der Waals surface area contributed by atoms with E-state index >= 15 is 0 Å². The fourth-order valence-electron chi connectivity index (χ4n) is 2.14. The fraction of sp³-hybridized carbons (Fsp3) is 0.375. The van der Waals surface area contributed by atoms with E-state index in [1.165, 1.54) is 0 Å². The second-order valence-electron chi connectivity index (χ2n) is 4.97. The SMILES string of the molecule is O=NCc1cccc[n+]1COCCOC[n+]1ccccc1CN=O. The normalized spacial score (nSPS) is 10.5. The zero-order chi connectivity index (χ0) is 17.0. The lowest BCUT2D eigenvalue weighted by atomic mass is 10.3. The molecule has 2 heterocycles. The summed E-state index contributed by atoms with van der Waals surface area (Å²) >= 11 is 0. The molecule has 0 bridgehead atoms. The minimum atomic E-state index is 0.110. The molecule has 0 saturated carbocycles. The highest BCUT2D eigenvalue weighted by molar-refractivity contribution is 4.97. The third-order valence-electron chi connectivity index (χ3n) is 3.36. The number of pyridine rings is 2. The maximum absolute atomic E-state index is 10.4. The average Bonchev–Trinajstić information content (AvgIpc) is 2.61. The van der Waals surface area contributed by atoms with Crippen LogP contribution in [0.3, 0.4) is 0 Å². The van der Waals surface area contributed by atoms with E-state index in [1.54, 1.807) is 0 Å². The maximum Gasteiger partial charge on any atom is 0.253 e. The smallest absolute Gasteiger partial charge is 0.253 e. The lowest BCUT2D eigenvalue weighted by Crippen LogP contribution is -2.40. The molecule has 0 N–H and O–H groups in total. The molecule has 0 aliphatic rings. The third-order valence-corrected chi connectivity index (χ3v) is 3.36. The van der Waals surface area contributed by atoms with Crippen molar-refractivity contribution in [2.45, 2.75) is 26.6 Å². The van der Waals surface area contributed by atoms with Crippen LogP contribution in [0.15, 0.2) is 59.1 Å². The van der Waals surface area contributed by atoms with Crippen LogP contribution in [0.1, 0.15) is 11.4 Å². The van der Waals surface area contributed by atoms with Gasteiger partial charge < -0.3 is 9.47 Å². The van der Waals surface area contributed by atoms with Crippen LogP contribution in [-0.2, 0) is 36.0 Å². The van der Waals surface area contributed by atoms with Gasteiger partial charge in [-0.25, -0.2) is 0 Å². The Kier molecular flexibility index (Phi) is 7.58. The molecule has 0 aliphatic heterocycles. The summed E-state index contributed by atoms with van der Waals surface area (Å²) < 4.78 is 14.7. The van der Waals surface area contributed by atoms with Crippen molar-refractivity contribution in [1.82, 2.24) is 0 Å². The van der Waals surface area contributed by atoms with Crippen molar-refractivity contribution >= 4 is 0 Å². The van der Waals surface area contributed by atoms with Gasteiger partial charge in [0.25, 0.3) is 13.5 Å². The standard InChI is InChI=1S/C16H20N4O4/c21-17-11-15-5-1-3-7-19(15)13-23-9-10-24-14-20-8-4-2-6-16(20)12-18-22/h1-8H,9-14H2/q+2. The summed E-state index contributed by atoms with van der Waals surface area (Å²) in [6.07, 6.45) is 3.67. The predicted molar refractivity (Wildman–Crippen MR) is 84.2 cm³/mol. The van der Waals surface area contributed by atoms with Crippen LogP contribution in [-0.4, -0.2) is 13.2 Å². The van der Waals surface area contributed by atoms with E-state index < -0.39 is 0 Å². The summed E-state index contributed by atoms with van der Waals surface area (Å²) in [5, 5.41) is 5.79. The van der Waals surface area contributed by atoms with Crippen LogP contribution < -0.4 is 9.13 Å².